The standard InChI is InChI=1S/C28H33N7O3/c1-28(2,3)38-27(37)33-12-7-18(8-13-33)26(36)34-14-9-19(17-34)23-15-21-20(6-11-29-25(21)32-23)22-16-31-35-24(22)5-4-10-30-35/h4-6,10-11,15-16,18-19H,7-9,12-14,17H2,1-3H3,(H,29,32). The molecule has 2 saturated heterocycles. The summed E-state index contributed by atoms with van der Waals surface area (Å²) >= 11 is 0. The molecule has 2 aliphatic rings. The van der Waals surface area contributed by atoms with Crippen LogP contribution in [0.1, 0.15) is 51.6 Å². The molecule has 6 rings (SSSR count). The first kappa shape index (κ1) is 24.4. The Morgan fingerprint density at radius 1 is 1.00 bits per heavy atom. The lowest BCUT2D eigenvalue weighted by molar-refractivity contribution is -0.136. The Kier molecular flexibility index (Phi) is 6.04. The van der Waals surface area contributed by atoms with Crippen molar-refractivity contribution in [3.05, 3.63) is 48.5 Å². The number of aromatic amines is 1. The summed E-state index contributed by atoms with van der Waals surface area (Å²) in [5.41, 5.74) is 4.43. The summed E-state index contributed by atoms with van der Waals surface area (Å²) in [5.74, 6) is 0.381. The summed E-state index contributed by atoms with van der Waals surface area (Å²) in [6.45, 7) is 8.14. The van der Waals surface area contributed by atoms with Gasteiger partial charge in [-0.05, 0) is 69.9 Å². The molecule has 198 valence electrons. The Morgan fingerprint density at radius 2 is 1.79 bits per heavy atom. The van der Waals surface area contributed by atoms with Gasteiger partial charge in [-0.25, -0.2) is 9.78 Å². The van der Waals surface area contributed by atoms with E-state index >= 15 is 0 Å². The number of carbonyl (C=O) groups excluding carboxylic acids is 2. The number of pyridine rings is 1. The van der Waals surface area contributed by atoms with Gasteiger partial charge in [0.1, 0.15) is 11.2 Å². The zero-order valence-electron chi connectivity index (χ0n) is 22.1. The van der Waals surface area contributed by atoms with Crippen molar-refractivity contribution in [3.8, 4) is 11.1 Å². The minimum Gasteiger partial charge on any atom is -0.444 e. The smallest absolute Gasteiger partial charge is 0.410 e. The number of carbonyl (C=O) groups is 2. The number of piperidine rings is 1. The van der Waals surface area contributed by atoms with Gasteiger partial charge in [0.2, 0.25) is 5.91 Å². The Hall–Kier alpha value is -3.95. The first-order valence-electron chi connectivity index (χ1n) is 13.3. The van der Waals surface area contributed by atoms with Gasteiger partial charge in [-0.3, -0.25) is 4.79 Å². The summed E-state index contributed by atoms with van der Waals surface area (Å²) in [5, 5.41) is 9.72. The number of H-pyrrole nitrogens is 1. The van der Waals surface area contributed by atoms with E-state index in [1.54, 1.807) is 15.7 Å². The normalized spacial score (nSPS) is 19.0. The Labute approximate surface area is 221 Å². The average molecular weight is 516 g/mol. The predicted octanol–water partition coefficient (Wildman–Crippen LogP) is 4.24. The molecule has 10 heteroatoms. The number of fused-ring (bicyclic) bond motifs is 2. The summed E-state index contributed by atoms with van der Waals surface area (Å²) in [4.78, 5) is 37.5. The summed E-state index contributed by atoms with van der Waals surface area (Å²) in [6, 6.07) is 8.11. The first-order chi connectivity index (χ1) is 18.3. The van der Waals surface area contributed by atoms with Crippen LogP contribution in [0.25, 0.3) is 27.7 Å². The topological polar surface area (TPSA) is 109 Å². The Balaban J connectivity index is 1.13. The van der Waals surface area contributed by atoms with Gasteiger partial charge < -0.3 is 19.5 Å². The third kappa shape index (κ3) is 4.59. The number of ether oxygens (including phenoxy) is 1. The maximum atomic E-state index is 13.3. The van der Waals surface area contributed by atoms with Gasteiger partial charge >= 0.3 is 6.09 Å². The van der Waals surface area contributed by atoms with Crippen LogP contribution in [0.4, 0.5) is 4.79 Å². The van der Waals surface area contributed by atoms with Crippen molar-refractivity contribution in [1.82, 2.24) is 34.6 Å². The summed E-state index contributed by atoms with van der Waals surface area (Å²) < 4.78 is 7.12. The van der Waals surface area contributed by atoms with Gasteiger partial charge in [-0.2, -0.15) is 14.8 Å². The van der Waals surface area contributed by atoms with Crippen molar-refractivity contribution in [1.29, 1.82) is 0 Å². The molecule has 6 heterocycles. The van der Waals surface area contributed by atoms with Crippen LogP contribution in [0, 0.1) is 5.92 Å². The monoisotopic (exact) mass is 515 g/mol. The molecule has 1 N–H and O–H groups in total. The van der Waals surface area contributed by atoms with Gasteiger partial charge in [-0.1, -0.05) is 0 Å². The average Bonchev–Trinajstić information content (AvgIpc) is 3.65. The second-order valence-corrected chi connectivity index (χ2v) is 11.3. The van der Waals surface area contributed by atoms with Crippen LogP contribution in [0.15, 0.2) is 42.9 Å². The molecule has 2 amide bonds. The fraction of sp³-hybridized carbons (Fsp3) is 0.464. The van der Waals surface area contributed by atoms with Crippen molar-refractivity contribution < 1.29 is 14.3 Å². The minimum atomic E-state index is -0.517. The Bertz CT molecular complexity index is 1490. The lowest BCUT2D eigenvalue weighted by Gasteiger charge is -2.34. The number of nitrogens with zero attached hydrogens (tertiary/aromatic N) is 6. The third-order valence-corrected chi connectivity index (χ3v) is 7.58. The van der Waals surface area contributed by atoms with Gasteiger partial charge in [0.25, 0.3) is 0 Å². The SMILES string of the molecule is CC(C)(C)OC(=O)N1CCC(C(=O)N2CCC(c3cc4c(-c5cnn6ncccc56)ccnc4[nH]3)C2)CC1. The van der Waals surface area contributed by atoms with Crippen molar-refractivity contribution in [2.24, 2.45) is 5.92 Å². The number of amides is 2. The van der Waals surface area contributed by atoms with Crippen molar-refractivity contribution in [2.75, 3.05) is 26.2 Å². The van der Waals surface area contributed by atoms with E-state index in [9.17, 15) is 9.59 Å². The van der Waals surface area contributed by atoms with E-state index in [-0.39, 0.29) is 23.8 Å². The maximum absolute atomic E-state index is 13.3. The zero-order valence-corrected chi connectivity index (χ0v) is 22.1. The predicted molar refractivity (Wildman–Crippen MR) is 143 cm³/mol. The maximum Gasteiger partial charge on any atom is 0.410 e. The van der Waals surface area contributed by atoms with Crippen molar-refractivity contribution in [2.45, 2.75) is 51.6 Å². The highest BCUT2D eigenvalue weighted by Gasteiger charge is 2.35. The molecular weight excluding hydrogens is 482 g/mol. The summed E-state index contributed by atoms with van der Waals surface area (Å²) in [6.07, 6.45) is 7.33. The number of rotatable bonds is 3. The molecule has 0 radical (unpaired) electrons. The second-order valence-electron chi connectivity index (χ2n) is 11.3. The van der Waals surface area contributed by atoms with Gasteiger partial charge in [0, 0.05) is 67.1 Å². The van der Waals surface area contributed by atoms with Crippen LogP contribution in [0.2, 0.25) is 0 Å². The quantitative estimate of drug-likeness (QED) is 0.437. The van der Waals surface area contributed by atoms with Crippen molar-refractivity contribution in [3.63, 3.8) is 0 Å². The van der Waals surface area contributed by atoms with E-state index in [0.29, 0.717) is 32.5 Å². The fourth-order valence-corrected chi connectivity index (χ4v) is 5.65. The van der Waals surface area contributed by atoms with Gasteiger partial charge in [0.05, 0.1) is 11.7 Å². The molecule has 1 unspecified atom stereocenters. The van der Waals surface area contributed by atoms with Crippen LogP contribution in [-0.2, 0) is 9.53 Å². The molecule has 0 spiro atoms. The fourth-order valence-electron chi connectivity index (χ4n) is 5.65. The van der Waals surface area contributed by atoms with E-state index in [1.165, 1.54) is 0 Å². The number of aromatic nitrogens is 5. The molecule has 2 fully saturated rings. The van der Waals surface area contributed by atoms with E-state index in [0.717, 1.165) is 46.3 Å². The summed E-state index contributed by atoms with van der Waals surface area (Å²) in [7, 11) is 0. The van der Waals surface area contributed by atoms with E-state index < -0.39 is 5.60 Å². The second kappa shape index (κ2) is 9.41. The highest BCUT2D eigenvalue weighted by molar-refractivity contribution is 5.97. The van der Waals surface area contributed by atoms with Gasteiger partial charge in [0.15, 0.2) is 0 Å². The van der Waals surface area contributed by atoms with Crippen LogP contribution in [0.3, 0.4) is 0 Å². The molecule has 4 aromatic heterocycles. The van der Waals surface area contributed by atoms with Crippen LogP contribution < -0.4 is 0 Å². The van der Waals surface area contributed by atoms with E-state index in [1.807, 2.05) is 56.3 Å². The third-order valence-electron chi connectivity index (χ3n) is 7.58. The molecule has 0 saturated carbocycles. The van der Waals surface area contributed by atoms with E-state index in [4.69, 9.17) is 4.74 Å². The minimum absolute atomic E-state index is 0.0485. The lowest BCUT2D eigenvalue weighted by atomic mass is 9.95. The molecule has 1 atom stereocenters. The highest BCUT2D eigenvalue weighted by atomic mass is 16.6. The first-order valence-corrected chi connectivity index (χ1v) is 13.3. The molecule has 10 nitrogen and oxygen atoms in total. The molecule has 0 aliphatic carbocycles. The molecule has 38 heavy (non-hydrogen) atoms. The largest absolute Gasteiger partial charge is 0.444 e. The molecule has 0 aromatic carbocycles. The molecule has 4 aromatic rings. The number of hydrogen-bond donors (Lipinski definition) is 1. The molecule has 2 aliphatic heterocycles. The molecular formula is C28H33N7O3. The van der Waals surface area contributed by atoms with Crippen molar-refractivity contribution >= 4 is 28.6 Å². The molecule has 0 bridgehead atoms. The van der Waals surface area contributed by atoms with Crippen LogP contribution in [0.5, 0.6) is 0 Å². The lowest BCUT2D eigenvalue weighted by Crippen LogP contribution is -2.45. The number of hydrogen-bond acceptors (Lipinski definition) is 6. The van der Waals surface area contributed by atoms with Crippen LogP contribution >= 0.6 is 0 Å². The highest BCUT2D eigenvalue weighted by Crippen LogP contribution is 2.35. The number of nitrogens with one attached hydrogen (secondary N) is 1. The van der Waals surface area contributed by atoms with E-state index in [2.05, 4.69) is 26.2 Å². The zero-order chi connectivity index (χ0) is 26.4. The van der Waals surface area contributed by atoms with Gasteiger partial charge in [-0.15, -0.1) is 0 Å². The Morgan fingerprint density at radius 3 is 2.58 bits per heavy atom. The van der Waals surface area contributed by atoms with Crippen LogP contribution in [-0.4, -0.2) is 78.4 Å². The number of likely N-dealkylation sites (tertiary alicyclic amines) is 2.